The van der Waals surface area contributed by atoms with Gasteiger partial charge in [0, 0.05) is 26.5 Å². The summed E-state index contributed by atoms with van der Waals surface area (Å²) in [7, 11) is 3.18. The van der Waals surface area contributed by atoms with E-state index < -0.39 is 17.6 Å². The van der Waals surface area contributed by atoms with Crippen molar-refractivity contribution < 1.29 is 9.59 Å². The maximum atomic E-state index is 12.4. The lowest BCUT2D eigenvalue weighted by Crippen LogP contribution is -2.37. The Bertz CT molecular complexity index is 700. The SMILES string of the molecule is CN(C(=O)C(C#N)C(=O)c1cccn1C)c1ccccn1. The van der Waals surface area contributed by atoms with Crippen molar-refractivity contribution in [3.63, 3.8) is 0 Å². The normalized spacial score (nSPS) is 11.5. The lowest BCUT2D eigenvalue weighted by Gasteiger charge is -2.18. The summed E-state index contributed by atoms with van der Waals surface area (Å²) < 4.78 is 1.58. The maximum absolute atomic E-state index is 12.4. The molecular weight excluding hydrogens is 268 g/mol. The average molecular weight is 282 g/mol. The molecule has 0 saturated carbocycles. The minimum Gasteiger partial charge on any atom is -0.348 e. The van der Waals surface area contributed by atoms with Crippen LogP contribution in [0.4, 0.5) is 5.82 Å². The lowest BCUT2D eigenvalue weighted by molar-refractivity contribution is -0.119. The number of aryl methyl sites for hydroxylation is 1. The fraction of sp³-hybridized carbons (Fsp3) is 0.200. The fourth-order valence-corrected chi connectivity index (χ4v) is 1.95. The molecule has 2 aromatic rings. The van der Waals surface area contributed by atoms with E-state index in [2.05, 4.69) is 4.98 Å². The fourth-order valence-electron chi connectivity index (χ4n) is 1.95. The first-order valence-electron chi connectivity index (χ1n) is 6.30. The predicted molar refractivity (Wildman–Crippen MR) is 76.5 cm³/mol. The molecule has 0 saturated heterocycles. The van der Waals surface area contributed by atoms with Crippen LogP contribution in [-0.4, -0.2) is 28.3 Å². The number of hydrogen-bond acceptors (Lipinski definition) is 4. The number of carbonyl (C=O) groups is 2. The van der Waals surface area contributed by atoms with Crippen LogP contribution < -0.4 is 4.90 Å². The molecule has 106 valence electrons. The zero-order chi connectivity index (χ0) is 15.4. The molecule has 0 aliphatic carbocycles. The summed E-state index contributed by atoms with van der Waals surface area (Å²) >= 11 is 0. The maximum Gasteiger partial charge on any atom is 0.253 e. The molecule has 0 aliphatic rings. The number of anilines is 1. The molecule has 0 aliphatic heterocycles. The molecular formula is C15H14N4O2. The van der Waals surface area contributed by atoms with Crippen molar-refractivity contribution in [1.29, 1.82) is 5.26 Å². The molecule has 0 radical (unpaired) electrons. The van der Waals surface area contributed by atoms with Crippen LogP contribution in [0, 0.1) is 17.2 Å². The number of aromatic nitrogens is 2. The largest absolute Gasteiger partial charge is 0.348 e. The number of pyridine rings is 1. The Morgan fingerprint density at radius 2 is 2.10 bits per heavy atom. The number of carbonyl (C=O) groups excluding carboxylic acids is 2. The molecule has 1 atom stereocenters. The van der Waals surface area contributed by atoms with Gasteiger partial charge in [0.1, 0.15) is 5.82 Å². The van der Waals surface area contributed by atoms with E-state index in [4.69, 9.17) is 0 Å². The van der Waals surface area contributed by atoms with Crippen molar-refractivity contribution in [3.8, 4) is 6.07 Å². The van der Waals surface area contributed by atoms with Crippen LogP contribution in [-0.2, 0) is 11.8 Å². The zero-order valence-electron chi connectivity index (χ0n) is 11.7. The summed E-state index contributed by atoms with van der Waals surface area (Å²) in [6, 6.07) is 10.1. The highest BCUT2D eigenvalue weighted by Gasteiger charge is 2.32. The number of ketones is 1. The number of nitrogens with zero attached hydrogens (tertiary/aromatic N) is 4. The topological polar surface area (TPSA) is 79.0 Å². The van der Waals surface area contributed by atoms with Crippen LogP contribution in [0.3, 0.4) is 0 Å². The van der Waals surface area contributed by atoms with Crippen molar-refractivity contribution >= 4 is 17.5 Å². The van der Waals surface area contributed by atoms with E-state index in [0.29, 0.717) is 11.5 Å². The third kappa shape index (κ3) is 2.82. The van der Waals surface area contributed by atoms with Gasteiger partial charge in [0.25, 0.3) is 5.91 Å². The van der Waals surface area contributed by atoms with E-state index in [1.807, 2.05) is 0 Å². The van der Waals surface area contributed by atoms with Gasteiger partial charge in [0.05, 0.1) is 11.8 Å². The van der Waals surface area contributed by atoms with Crippen molar-refractivity contribution in [2.45, 2.75) is 0 Å². The highest BCUT2D eigenvalue weighted by atomic mass is 16.2. The molecule has 2 aromatic heterocycles. The number of Topliss-reactive ketones (excluding diaryl/α,β-unsaturated/α-hetero) is 1. The van der Waals surface area contributed by atoms with Crippen LogP contribution in [0.1, 0.15) is 10.5 Å². The summed E-state index contributed by atoms with van der Waals surface area (Å²) in [5.41, 5.74) is 0.323. The van der Waals surface area contributed by atoms with Gasteiger partial charge in [-0.3, -0.25) is 14.5 Å². The van der Waals surface area contributed by atoms with Gasteiger partial charge in [-0.15, -0.1) is 0 Å². The summed E-state index contributed by atoms with van der Waals surface area (Å²) in [5, 5.41) is 9.20. The van der Waals surface area contributed by atoms with Gasteiger partial charge in [-0.05, 0) is 24.3 Å². The predicted octanol–water partition coefficient (Wildman–Crippen LogP) is 1.41. The monoisotopic (exact) mass is 282 g/mol. The first-order valence-corrected chi connectivity index (χ1v) is 6.30. The number of nitriles is 1. The van der Waals surface area contributed by atoms with Gasteiger partial charge in [0.15, 0.2) is 5.92 Å². The van der Waals surface area contributed by atoms with Gasteiger partial charge in [-0.25, -0.2) is 4.98 Å². The van der Waals surface area contributed by atoms with E-state index in [9.17, 15) is 14.9 Å². The Labute approximate surface area is 122 Å². The molecule has 0 bridgehead atoms. The molecule has 1 amide bonds. The van der Waals surface area contributed by atoms with Gasteiger partial charge in [-0.1, -0.05) is 6.07 Å². The van der Waals surface area contributed by atoms with E-state index in [0.717, 1.165) is 0 Å². The Morgan fingerprint density at radius 1 is 1.33 bits per heavy atom. The van der Waals surface area contributed by atoms with E-state index in [-0.39, 0.29) is 0 Å². The highest BCUT2D eigenvalue weighted by Crippen LogP contribution is 2.15. The summed E-state index contributed by atoms with van der Waals surface area (Å²) in [6.45, 7) is 0. The van der Waals surface area contributed by atoms with Crippen LogP contribution in [0.2, 0.25) is 0 Å². The Balaban J connectivity index is 2.26. The molecule has 0 aromatic carbocycles. The quantitative estimate of drug-likeness (QED) is 0.627. The van der Waals surface area contributed by atoms with Crippen molar-refractivity contribution in [3.05, 3.63) is 48.4 Å². The molecule has 6 heteroatoms. The van der Waals surface area contributed by atoms with Crippen LogP contribution in [0.5, 0.6) is 0 Å². The van der Waals surface area contributed by atoms with Gasteiger partial charge in [-0.2, -0.15) is 5.26 Å². The Hall–Kier alpha value is -2.94. The summed E-state index contributed by atoms with van der Waals surface area (Å²) in [5.74, 6) is -2.10. The lowest BCUT2D eigenvalue weighted by atomic mass is 10.0. The smallest absolute Gasteiger partial charge is 0.253 e. The first kappa shape index (κ1) is 14.5. The first-order chi connectivity index (χ1) is 10.1. The molecule has 1 unspecified atom stereocenters. The third-order valence-electron chi connectivity index (χ3n) is 3.16. The molecule has 0 spiro atoms. The zero-order valence-corrected chi connectivity index (χ0v) is 11.7. The Morgan fingerprint density at radius 3 is 2.62 bits per heavy atom. The van der Waals surface area contributed by atoms with Crippen LogP contribution >= 0.6 is 0 Å². The molecule has 6 nitrogen and oxygen atoms in total. The van der Waals surface area contributed by atoms with Crippen LogP contribution in [0.25, 0.3) is 0 Å². The second-order valence-electron chi connectivity index (χ2n) is 4.52. The van der Waals surface area contributed by atoms with Gasteiger partial charge in [0.2, 0.25) is 5.78 Å². The van der Waals surface area contributed by atoms with Gasteiger partial charge < -0.3 is 4.57 Å². The third-order valence-corrected chi connectivity index (χ3v) is 3.16. The van der Waals surface area contributed by atoms with Crippen molar-refractivity contribution in [1.82, 2.24) is 9.55 Å². The second-order valence-corrected chi connectivity index (χ2v) is 4.52. The molecule has 0 N–H and O–H groups in total. The second kappa shape index (κ2) is 6.01. The number of rotatable bonds is 4. The van der Waals surface area contributed by atoms with Crippen molar-refractivity contribution in [2.24, 2.45) is 13.0 Å². The van der Waals surface area contributed by atoms with Crippen molar-refractivity contribution in [2.75, 3.05) is 11.9 Å². The van der Waals surface area contributed by atoms with E-state index >= 15 is 0 Å². The molecule has 21 heavy (non-hydrogen) atoms. The highest BCUT2D eigenvalue weighted by molar-refractivity contribution is 6.15. The Kier molecular flexibility index (Phi) is 4.14. The number of amides is 1. The van der Waals surface area contributed by atoms with E-state index in [1.54, 1.807) is 60.4 Å². The standard InChI is InChI=1S/C15H14N4O2/c1-18-9-5-6-12(18)14(20)11(10-16)15(21)19(2)13-7-3-4-8-17-13/h3-9,11H,1-2H3. The number of hydrogen-bond donors (Lipinski definition) is 0. The molecule has 2 heterocycles. The summed E-state index contributed by atoms with van der Waals surface area (Å²) in [6.07, 6.45) is 3.23. The van der Waals surface area contributed by atoms with E-state index in [1.165, 1.54) is 11.9 Å². The molecule has 0 fully saturated rings. The summed E-state index contributed by atoms with van der Waals surface area (Å²) in [4.78, 5) is 29.9. The van der Waals surface area contributed by atoms with Crippen LogP contribution in [0.15, 0.2) is 42.7 Å². The average Bonchev–Trinajstić information content (AvgIpc) is 2.94. The minimum atomic E-state index is -1.38. The molecule has 2 rings (SSSR count). The minimum absolute atomic E-state index is 0.323. The van der Waals surface area contributed by atoms with Gasteiger partial charge >= 0.3 is 0 Å².